The molecular weight excluding hydrogens is 307 g/mol. The minimum Gasteiger partial charge on any atom is -0.291 e. The van der Waals surface area contributed by atoms with Crippen LogP contribution in [0.2, 0.25) is 10.0 Å². The van der Waals surface area contributed by atoms with Crippen LogP contribution in [0.5, 0.6) is 0 Å². The van der Waals surface area contributed by atoms with Crippen molar-refractivity contribution in [3.63, 3.8) is 0 Å². The number of carbonyl (C=O) groups is 1. The van der Waals surface area contributed by atoms with Gasteiger partial charge in [-0.05, 0) is 18.2 Å². The van der Waals surface area contributed by atoms with E-state index in [4.69, 9.17) is 34.8 Å². The van der Waals surface area contributed by atoms with Gasteiger partial charge in [0.1, 0.15) is 0 Å². The molecule has 1 atom stereocenters. The zero-order valence-electron chi connectivity index (χ0n) is 8.78. The molecule has 17 heavy (non-hydrogen) atoms. The molecule has 3 nitrogen and oxygen atoms in total. The third-order valence-electron chi connectivity index (χ3n) is 2.12. The molecule has 0 spiro atoms. The maximum atomic E-state index is 11.8. The van der Waals surface area contributed by atoms with Gasteiger partial charge in [-0.1, -0.05) is 41.7 Å². The number of benzene rings is 1. The number of hydrogen-bond donors (Lipinski definition) is 0. The number of carbonyl (C=O) groups excluding carboxylic acids is 1. The third-order valence-corrected chi connectivity index (χ3v) is 5.33. The highest BCUT2D eigenvalue weighted by Crippen LogP contribution is 2.24. The van der Waals surface area contributed by atoms with Crippen molar-refractivity contribution < 1.29 is 13.2 Å². The Labute approximate surface area is 115 Å². The molecule has 94 valence electrons. The van der Waals surface area contributed by atoms with Crippen LogP contribution in [-0.2, 0) is 9.84 Å². The number of halogens is 3. The molecule has 0 unspecified atom stereocenters. The van der Waals surface area contributed by atoms with E-state index in [0.29, 0.717) is 5.02 Å². The van der Waals surface area contributed by atoms with Gasteiger partial charge >= 0.3 is 0 Å². The summed E-state index contributed by atoms with van der Waals surface area (Å²) in [6, 6.07) is 4.16. The summed E-state index contributed by atoms with van der Waals surface area (Å²) >= 11 is 17.1. The predicted octanol–water partition coefficient (Wildman–Crippen LogP) is 3.18. The number of rotatable bonds is 4. The fourth-order valence-corrected chi connectivity index (χ4v) is 2.86. The van der Waals surface area contributed by atoms with Crippen LogP contribution in [0.3, 0.4) is 0 Å². The van der Waals surface area contributed by atoms with Gasteiger partial charge in [-0.15, -0.1) is 0 Å². The van der Waals surface area contributed by atoms with Crippen molar-refractivity contribution in [1.82, 2.24) is 0 Å². The number of ketones is 1. The van der Waals surface area contributed by atoms with Crippen molar-refractivity contribution in [3.8, 4) is 0 Å². The summed E-state index contributed by atoms with van der Waals surface area (Å²) in [6.45, 7) is 1.42. The highest BCUT2D eigenvalue weighted by atomic mass is 35.5. The van der Waals surface area contributed by atoms with Crippen molar-refractivity contribution in [2.75, 3.05) is 5.75 Å². The minimum atomic E-state index is -3.65. The van der Waals surface area contributed by atoms with Gasteiger partial charge in [0.25, 0.3) is 0 Å². The molecule has 1 rings (SSSR count). The number of sulfone groups is 1. The average Bonchev–Trinajstić information content (AvgIpc) is 2.27. The summed E-state index contributed by atoms with van der Waals surface area (Å²) in [5.41, 5.74) is 0.0492. The Bertz CT molecular complexity index is 540. The molecule has 1 aromatic rings. The Balaban J connectivity index is 3.14. The number of hydrogen-bond acceptors (Lipinski definition) is 3. The second-order valence-corrected chi connectivity index (χ2v) is 7.17. The molecule has 0 aliphatic carbocycles. The molecule has 0 aliphatic heterocycles. The van der Waals surface area contributed by atoms with E-state index in [-0.39, 0.29) is 16.3 Å². The summed E-state index contributed by atoms with van der Waals surface area (Å²) in [6.07, 6.45) is 0. The van der Waals surface area contributed by atoms with E-state index in [1.165, 1.54) is 25.1 Å². The lowest BCUT2D eigenvalue weighted by Gasteiger charge is -2.09. The Morgan fingerprint density at radius 1 is 1.35 bits per heavy atom. The molecule has 0 saturated carbocycles. The van der Waals surface area contributed by atoms with Crippen LogP contribution in [0.15, 0.2) is 18.2 Å². The van der Waals surface area contributed by atoms with Crippen LogP contribution in [0.4, 0.5) is 0 Å². The zero-order chi connectivity index (χ0) is 13.2. The van der Waals surface area contributed by atoms with Crippen molar-refractivity contribution >= 4 is 50.4 Å². The van der Waals surface area contributed by atoms with Gasteiger partial charge in [-0.2, -0.15) is 0 Å². The molecule has 0 bridgehead atoms. The quantitative estimate of drug-likeness (QED) is 0.633. The summed E-state index contributed by atoms with van der Waals surface area (Å²) in [7, 11) is -3.65. The maximum Gasteiger partial charge on any atom is 0.197 e. The van der Waals surface area contributed by atoms with Crippen molar-refractivity contribution in [3.05, 3.63) is 33.8 Å². The standard InChI is InChI=1S/C10H9Cl3O3S/c1-2-17(15,16)10(13)9(14)7-4-3-6(11)5-8(7)12/h3-5,10H,2H2,1H3/t10-/m1/s1. The van der Waals surface area contributed by atoms with Crippen LogP contribution >= 0.6 is 34.8 Å². The third kappa shape index (κ3) is 3.35. The molecule has 0 amide bonds. The summed E-state index contributed by atoms with van der Waals surface area (Å²) in [5, 5.41) is 0.440. The van der Waals surface area contributed by atoms with Crippen LogP contribution in [0, 0.1) is 0 Å². The van der Waals surface area contributed by atoms with E-state index < -0.39 is 20.3 Å². The molecule has 0 aromatic heterocycles. The highest BCUT2D eigenvalue weighted by Gasteiger charge is 2.30. The molecule has 0 saturated heterocycles. The molecule has 7 heteroatoms. The zero-order valence-corrected chi connectivity index (χ0v) is 11.9. The van der Waals surface area contributed by atoms with Crippen molar-refractivity contribution in [2.24, 2.45) is 0 Å². The lowest BCUT2D eigenvalue weighted by Crippen LogP contribution is -2.26. The molecule has 1 aromatic carbocycles. The summed E-state index contributed by atoms with van der Waals surface area (Å²) in [5.74, 6) is -0.951. The second-order valence-electron chi connectivity index (χ2n) is 3.26. The topological polar surface area (TPSA) is 51.2 Å². The molecular formula is C10H9Cl3O3S. The Hall–Kier alpha value is -0.290. The first kappa shape index (κ1) is 14.8. The first-order chi connectivity index (χ1) is 7.79. The number of alkyl halides is 1. The van der Waals surface area contributed by atoms with E-state index in [1.54, 1.807) is 0 Å². The first-order valence-electron chi connectivity index (χ1n) is 4.64. The van der Waals surface area contributed by atoms with Crippen LogP contribution in [0.1, 0.15) is 17.3 Å². The fraction of sp³-hybridized carbons (Fsp3) is 0.300. The predicted molar refractivity (Wildman–Crippen MR) is 69.9 cm³/mol. The molecule has 0 N–H and O–H groups in total. The van der Waals surface area contributed by atoms with Gasteiger partial charge in [0.05, 0.1) is 5.02 Å². The van der Waals surface area contributed by atoms with E-state index in [2.05, 4.69) is 0 Å². The highest BCUT2D eigenvalue weighted by molar-refractivity contribution is 7.94. The summed E-state index contributed by atoms with van der Waals surface area (Å²) < 4.78 is 21.3. The van der Waals surface area contributed by atoms with Gasteiger partial charge in [-0.25, -0.2) is 8.42 Å². The van der Waals surface area contributed by atoms with Gasteiger partial charge in [0, 0.05) is 16.3 Å². The Kier molecular flexibility index (Phi) is 4.84. The van der Waals surface area contributed by atoms with E-state index in [9.17, 15) is 13.2 Å². The largest absolute Gasteiger partial charge is 0.291 e. The molecule has 0 aliphatic rings. The SMILES string of the molecule is CCS(=O)(=O)[C@@H](Cl)C(=O)c1ccc(Cl)cc1Cl. The molecule has 0 fully saturated rings. The van der Waals surface area contributed by atoms with Crippen LogP contribution in [0.25, 0.3) is 0 Å². The maximum absolute atomic E-state index is 11.8. The minimum absolute atomic E-state index is 0.0492. The first-order valence-corrected chi connectivity index (χ1v) is 7.55. The molecule has 0 radical (unpaired) electrons. The average molecular weight is 316 g/mol. The van der Waals surface area contributed by atoms with Gasteiger partial charge in [0.2, 0.25) is 0 Å². The van der Waals surface area contributed by atoms with E-state index in [0.717, 1.165) is 0 Å². The smallest absolute Gasteiger partial charge is 0.197 e. The second kappa shape index (κ2) is 5.57. The van der Waals surface area contributed by atoms with Gasteiger partial charge in [0.15, 0.2) is 20.3 Å². The van der Waals surface area contributed by atoms with Gasteiger partial charge < -0.3 is 0 Å². The van der Waals surface area contributed by atoms with Crippen molar-refractivity contribution in [2.45, 2.75) is 11.6 Å². The lowest BCUT2D eigenvalue weighted by molar-refractivity contribution is 0.101. The summed E-state index contributed by atoms with van der Waals surface area (Å²) in [4.78, 5) is 11.8. The van der Waals surface area contributed by atoms with Crippen LogP contribution < -0.4 is 0 Å². The Morgan fingerprint density at radius 2 is 1.94 bits per heavy atom. The molecule has 0 heterocycles. The van der Waals surface area contributed by atoms with Crippen LogP contribution in [-0.4, -0.2) is 24.7 Å². The fourth-order valence-electron chi connectivity index (χ4n) is 1.12. The van der Waals surface area contributed by atoms with E-state index in [1.807, 2.05) is 0 Å². The lowest BCUT2D eigenvalue weighted by atomic mass is 10.1. The van der Waals surface area contributed by atoms with Gasteiger partial charge in [-0.3, -0.25) is 4.79 Å². The monoisotopic (exact) mass is 314 g/mol. The number of Topliss-reactive ketones (excluding diaryl/α,β-unsaturated/α-hetero) is 1. The Morgan fingerprint density at radius 3 is 2.41 bits per heavy atom. The normalized spacial score (nSPS) is 13.4. The van der Waals surface area contributed by atoms with E-state index >= 15 is 0 Å². The van der Waals surface area contributed by atoms with Crippen molar-refractivity contribution in [1.29, 1.82) is 0 Å².